The van der Waals surface area contributed by atoms with Gasteiger partial charge in [0, 0.05) is 31.5 Å². The van der Waals surface area contributed by atoms with Crippen LogP contribution in [0.2, 0.25) is 0 Å². The molecule has 0 atom stereocenters. The smallest absolute Gasteiger partial charge is 0.250 e. The van der Waals surface area contributed by atoms with Crippen molar-refractivity contribution in [2.45, 2.75) is 0 Å². The quantitative estimate of drug-likeness (QED) is 0.724. The minimum Gasteiger partial charge on any atom is -0.399 e. The van der Waals surface area contributed by atoms with Crippen molar-refractivity contribution in [2.75, 3.05) is 44.9 Å². The number of nitrogen functional groups attached to an aromatic ring is 1. The molecule has 5 nitrogen and oxygen atoms in total. The number of hydrogen-bond donors (Lipinski definition) is 2. The number of carbonyl (C=O) groups is 1. The lowest BCUT2D eigenvalue weighted by atomic mass is 10.1. The Bertz CT molecular complexity index is 403. The molecule has 0 unspecified atom stereocenters. The van der Waals surface area contributed by atoms with E-state index in [-0.39, 0.29) is 0 Å². The van der Waals surface area contributed by atoms with Gasteiger partial charge in [-0.05, 0) is 32.3 Å². The Balaban J connectivity index is 2.92. The summed E-state index contributed by atoms with van der Waals surface area (Å²) in [6.07, 6.45) is 0. The first-order valence-electron chi connectivity index (χ1n) is 5.47. The standard InChI is InChI=1S/C12H20N4O/c1-15(2)6-7-16(3)11-5-4-9(13)8-10(11)12(14)17/h4-5,8H,6-7,13H2,1-3H3,(H2,14,17). The van der Waals surface area contributed by atoms with Crippen molar-refractivity contribution in [3.05, 3.63) is 23.8 Å². The molecule has 0 saturated heterocycles. The summed E-state index contributed by atoms with van der Waals surface area (Å²) in [7, 11) is 5.94. The van der Waals surface area contributed by atoms with Crippen LogP contribution in [0.3, 0.4) is 0 Å². The fourth-order valence-electron chi connectivity index (χ4n) is 1.55. The van der Waals surface area contributed by atoms with Crippen molar-refractivity contribution in [2.24, 2.45) is 5.73 Å². The predicted molar refractivity (Wildman–Crippen MR) is 71.2 cm³/mol. The van der Waals surface area contributed by atoms with E-state index in [1.54, 1.807) is 12.1 Å². The Morgan fingerprint density at radius 2 is 1.88 bits per heavy atom. The highest BCUT2D eigenvalue weighted by atomic mass is 16.1. The molecule has 1 rings (SSSR count). The lowest BCUT2D eigenvalue weighted by Gasteiger charge is -2.23. The number of hydrogen-bond acceptors (Lipinski definition) is 4. The van der Waals surface area contributed by atoms with E-state index in [1.807, 2.05) is 32.1 Å². The van der Waals surface area contributed by atoms with Crippen LogP contribution >= 0.6 is 0 Å². The van der Waals surface area contributed by atoms with Crippen molar-refractivity contribution in [3.63, 3.8) is 0 Å². The molecule has 5 heteroatoms. The molecule has 0 aliphatic rings. The Morgan fingerprint density at radius 3 is 2.41 bits per heavy atom. The summed E-state index contributed by atoms with van der Waals surface area (Å²) < 4.78 is 0. The van der Waals surface area contributed by atoms with Gasteiger partial charge < -0.3 is 21.3 Å². The number of anilines is 2. The number of benzene rings is 1. The van der Waals surface area contributed by atoms with Gasteiger partial charge in [0.2, 0.25) is 0 Å². The van der Waals surface area contributed by atoms with Crippen LogP contribution in [0.25, 0.3) is 0 Å². The maximum Gasteiger partial charge on any atom is 0.250 e. The van der Waals surface area contributed by atoms with Crippen LogP contribution in [0.1, 0.15) is 10.4 Å². The van der Waals surface area contributed by atoms with Gasteiger partial charge in [-0.2, -0.15) is 0 Å². The topological polar surface area (TPSA) is 75.6 Å². The van der Waals surface area contributed by atoms with E-state index in [0.717, 1.165) is 18.8 Å². The van der Waals surface area contributed by atoms with Crippen LogP contribution in [-0.2, 0) is 0 Å². The van der Waals surface area contributed by atoms with Gasteiger partial charge in [0.05, 0.1) is 5.56 Å². The van der Waals surface area contributed by atoms with Gasteiger partial charge in [0.1, 0.15) is 0 Å². The molecule has 1 aromatic carbocycles. The maximum absolute atomic E-state index is 11.3. The second-order valence-electron chi connectivity index (χ2n) is 4.37. The first-order chi connectivity index (χ1) is 7.91. The van der Waals surface area contributed by atoms with Crippen LogP contribution in [0, 0.1) is 0 Å². The summed E-state index contributed by atoms with van der Waals surface area (Å²) in [6, 6.07) is 5.21. The Hall–Kier alpha value is -1.75. The molecule has 0 saturated carbocycles. The third kappa shape index (κ3) is 3.64. The zero-order valence-corrected chi connectivity index (χ0v) is 10.6. The predicted octanol–water partition coefficient (Wildman–Crippen LogP) is 0.366. The summed E-state index contributed by atoms with van der Waals surface area (Å²) in [5.41, 5.74) is 12.8. The lowest BCUT2D eigenvalue weighted by molar-refractivity contribution is 0.100. The van der Waals surface area contributed by atoms with Crippen LogP contribution < -0.4 is 16.4 Å². The minimum absolute atomic E-state index is 0.455. The molecule has 0 fully saturated rings. The van der Waals surface area contributed by atoms with Gasteiger partial charge >= 0.3 is 0 Å². The van der Waals surface area contributed by atoms with Gasteiger partial charge in [0.15, 0.2) is 0 Å². The molecule has 1 amide bonds. The van der Waals surface area contributed by atoms with Gasteiger partial charge in [-0.3, -0.25) is 4.79 Å². The number of primary amides is 1. The summed E-state index contributed by atoms with van der Waals surface area (Å²) >= 11 is 0. The largest absolute Gasteiger partial charge is 0.399 e. The first-order valence-corrected chi connectivity index (χ1v) is 5.47. The van der Waals surface area contributed by atoms with Crippen molar-refractivity contribution >= 4 is 17.3 Å². The van der Waals surface area contributed by atoms with E-state index in [1.165, 1.54) is 0 Å². The van der Waals surface area contributed by atoms with E-state index in [0.29, 0.717) is 11.3 Å². The van der Waals surface area contributed by atoms with Crippen molar-refractivity contribution < 1.29 is 4.79 Å². The molecule has 4 N–H and O–H groups in total. The van der Waals surface area contributed by atoms with Crippen molar-refractivity contribution in [1.82, 2.24) is 4.90 Å². The minimum atomic E-state index is -0.455. The number of rotatable bonds is 5. The second-order valence-corrected chi connectivity index (χ2v) is 4.37. The maximum atomic E-state index is 11.3. The zero-order valence-electron chi connectivity index (χ0n) is 10.6. The van der Waals surface area contributed by atoms with Crippen LogP contribution in [0.5, 0.6) is 0 Å². The molecule has 94 valence electrons. The summed E-state index contributed by atoms with van der Waals surface area (Å²) in [5, 5.41) is 0. The molecule has 1 aromatic rings. The molecule has 0 spiro atoms. The molecule has 0 aliphatic heterocycles. The SMILES string of the molecule is CN(C)CCN(C)c1ccc(N)cc1C(N)=O. The third-order valence-electron chi connectivity index (χ3n) is 2.58. The number of amides is 1. The van der Waals surface area contributed by atoms with Gasteiger partial charge in [-0.25, -0.2) is 0 Å². The molecule has 0 radical (unpaired) electrons. The normalized spacial score (nSPS) is 10.6. The molecular formula is C12H20N4O. The van der Waals surface area contributed by atoms with Crippen LogP contribution in [-0.4, -0.2) is 45.0 Å². The van der Waals surface area contributed by atoms with Crippen LogP contribution in [0.4, 0.5) is 11.4 Å². The van der Waals surface area contributed by atoms with Crippen LogP contribution in [0.15, 0.2) is 18.2 Å². The van der Waals surface area contributed by atoms with E-state index >= 15 is 0 Å². The number of likely N-dealkylation sites (N-methyl/N-ethyl adjacent to an activating group) is 2. The molecule has 0 aliphatic carbocycles. The Morgan fingerprint density at radius 1 is 1.24 bits per heavy atom. The summed E-state index contributed by atoms with van der Waals surface area (Å²) in [4.78, 5) is 15.4. The molecule has 0 heterocycles. The monoisotopic (exact) mass is 236 g/mol. The Labute approximate surface area is 102 Å². The van der Waals surface area contributed by atoms with E-state index in [4.69, 9.17) is 11.5 Å². The second kappa shape index (κ2) is 5.54. The molecular weight excluding hydrogens is 216 g/mol. The van der Waals surface area contributed by atoms with Crippen molar-refractivity contribution in [3.8, 4) is 0 Å². The number of nitrogens with two attached hydrogens (primary N) is 2. The lowest BCUT2D eigenvalue weighted by Crippen LogP contribution is -2.30. The zero-order chi connectivity index (χ0) is 13.0. The van der Waals surface area contributed by atoms with Gasteiger partial charge in [-0.1, -0.05) is 0 Å². The number of nitrogens with zero attached hydrogens (tertiary/aromatic N) is 2. The third-order valence-corrected chi connectivity index (χ3v) is 2.58. The van der Waals surface area contributed by atoms with Crippen molar-refractivity contribution in [1.29, 1.82) is 0 Å². The molecule has 0 bridgehead atoms. The average Bonchev–Trinajstić information content (AvgIpc) is 2.25. The molecule has 17 heavy (non-hydrogen) atoms. The highest BCUT2D eigenvalue weighted by molar-refractivity contribution is 5.99. The average molecular weight is 236 g/mol. The van der Waals surface area contributed by atoms with Gasteiger partial charge in [0.25, 0.3) is 5.91 Å². The fourth-order valence-corrected chi connectivity index (χ4v) is 1.55. The highest BCUT2D eigenvalue weighted by Gasteiger charge is 2.12. The summed E-state index contributed by atoms with van der Waals surface area (Å²) in [6.45, 7) is 1.72. The van der Waals surface area contributed by atoms with E-state index in [2.05, 4.69) is 4.90 Å². The summed E-state index contributed by atoms with van der Waals surface area (Å²) in [5.74, 6) is -0.455. The van der Waals surface area contributed by atoms with E-state index < -0.39 is 5.91 Å². The highest BCUT2D eigenvalue weighted by Crippen LogP contribution is 2.21. The first kappa shape index (κ1) is 13.3. The Kier molecular flexibility index (Phi) is 4.34. The fraction of sp³-hybridized carbons (Fsp3) is 0.417. The van der Waals surface area contributed by atoms with Gasteiger partial charge in [-0.15, -0.1) is 0 Å². The molecule has 0 aromatic heterocycles. The number of carbonyl (C=O) groups excluding carboxylic acids is 1. The van der Waals surface area contributed by atoms with E-state index in [9.17, 15) is 4.79 Å².